The van der Waals surface area contributed by atoms with Crippen molar-refractivity contribution in [2.75, 3.05) is 20.1 Å². The van der Waals surface area contributed by atoms with Crippen LogP contribution in [0.5, 0.6) is 11.5 Å². The third-order valence-electron chi connectivity index (χ3n) is 4.84. The number of nitrogens with one attached hydrogen (secondary N) is 1. The van der Waals surface area contributed by atoms with E-state index in [4.69, 9.17) is 5.11 Å². The first-order valence-electron chi connectivity index (χ1n) is 9.85. The lowest BCUT2D eigenvalue weighted by Gasteiger charge is -2.15. The van der Waals surface area contributed by atoms with Crippen LogP contribution in [0.1, 0.15) is 35.9 Å². The van der Waals surface area contributed by atoms with Gasteiger partial charge in [0.05, 0.1) is 17.4 Å². The van der Waals surface area contributed by atoms with Crippen LogP contribution < -0.4 is 5.32 Å². The SMILES string of the molecule is CC(C)c1cc(-c2nnc(C(=O)NCCN(C)C(=O)O)n2-c2cccnc2)c(O)cc1O. The van der Waals surface area contributed by atoms with Crippen LogP contribution in [0.15, 0.2) is 36.7 Å². The van der Waals surface area contributed by atoms with Crippen LogP contribution in [-0.4, -0.2) is 72.1 Å². The van der Waals surface area contributed by atoms with Crippen molar-refractivity contribution in [3.8, 4) is 28.6 Å². The lowest BCUT2D eigenvalue weighted by molar-refractivity contribution is 0.0934. The van der Waals surface area contributed by atoms with Gasteiger partial charge in [-0.25, -0.2) is 4.79 Å². The van der Waals surface area contributed by atoms with Crippen LogP contribution in [0.4, 0.5) is 4.79 Å². The number of nitrogens with zero attached hydrogens (tertiary/aromatic N) is 5. The predicted octanol–water partition coefficient (Wildman–Crippen LogP) is 2.20. The zero-order valence-corrected chi connectivity index (χ0v) is 17.8. The summed E-state index contributed by atoms with van der Waals surface area (Å²) in [5.41, 5.74) is 1.37. The summed E-state index contributed by atoms with van der Waals surface area (Å²) < 4.78 is 1.44. The molecule has 11 heteroatoms. The molecule has 2 amide bonds. The number of phenols is 2. The van der Waals surface area contributed by atoms with Crippen LogP contribution in [0.3, 0.4) is 0 Å². The number of aromatic hydroxyl groups is 2. The van der Waals surface area contributed by atoms with Crippen molar-refractivity contribution in [2.45, 2.75) is 19.8 Å². The number of carboxylic acid groups (broad SMARTS) is 1. The van der Waals surface area contributed by atoms with Gasteiger partial charge in [0.25, 0.3) is 5.91 Å². The van der Waals surface area contributed by atoms with Crippen molar-refractivity contribution < 1.29 is 24.9 Å². The average molecular weight is 440 g/mol. The quantitative estimate of drug-likeness (QED) is 0.436. The molecule has 168 valence electrons. The van der Waals surface area contributed by atoms with E-state index in [1.165, 1.54) is 23.9 Å². The molecule has 4 N–H and O–H groups in total. The first kappa shape index (κ1) is 22.5. The third-order valence-corrected chi connectivity index (χ3v) is 4.84. The molecule has 2 aromatic heterocycles. The third kappa shape index (κ3) is 4.61. The normalized spacial score (nSPS) is 10.9. The molecular formula is C21H24N6O5. The van der Waals surface area contributed by atoms with Gasteiger partial charge in [0.1, 0.15) is 11.5 Å². The van der Waals surface area contributed by atoms with Crippen LogP contribution in [0.25, 0.3) is 17.1 Å². The predicted molar refractivity (Wildman–Crippen MR) is 115 cm³/mol. The number of amides is 2. The maximum absolute atomic E-state index is 12.8. The van der Waals surface area contributed by atoms with E-state index < -0.39 is 12.0 Å². The van der Waals surface area contributed by atoms with E-state index in [0.717, 1.165) is 4.90 Å². The Morgan fingerprint density at radius 1 is 1.19 bits per heavy atom. The first-order chi connectivity index (χ1) is 15.2. The van der Waals surface area contributed by atoms with Crippen LogP contribution in [0.2, 0.25) is 0 Å². The molecule has 3 rings (SSSR count). The maximum atomic E-state index is 12.8. The Bertz CT molecular complexity index is 1130. The highest BCUT2D eigenvalue weighted by Gasteiger charge is 2.24. The van der Waals surface area contributed by atoms with Gasteiger partial charge in [-0.2, -0.15) is 0 Å². The Kier molecular flexibility index (Phi) is 6.57. The van der Waals surface area contributed by atoms with Crippen molar-refractivity contribution in [1.82, 2.24) is 30.0 Å². The summed E-state index contributed by atoms with van der Waals surface area (Å²) in [6.45, 7) is 3.95. The fourth-order valence-electron chi connectivity index (χ4n) is 3.08. The zero-order valence-electron chi connectivity index (χ0n) is 17.8. The molecular weight excluding hydrogens is 416 g/mol. The van der Waals surface area contributed by atoms with E-state index >= 15 is 0 Å². The van der Waals surface area contributed by atoms with Gasteiger partial charge in [0.15, 0.2) is 5.82 Å². The monoisotopic (exact) mass is 440 g/mol. The van der Waals surface area contributed by atoms with E-state index in [-0.39, 0.29) is 47.7 Å². The van der Waals surface area contributed by atoms with Gasteiger partial charge in [0, 0.05) is 32.4 Å². The highest BCUT2D eigenvalue weighted by molar-refractivity contribution is 5.92. The molecule has 0 fully saturated rings. The fourth-order valence-corrected chi connectivity index (χ4v) is 3.08. The number of carbonyl (C=O) groups excluding carboxylic acids is 1. The molecule has 0 saturated heterocycles. The molecule has 32 heavy (non-hydrogen) atoms. The minimum Gasteiger partial charge on any atom is -0.508 e. The highest BCUT2D eigenvalue weighted by Crippen LogP contribution is 2.38. The Balaban J connectivity index is 2.05. The number of benzene rings is 1. The maximum Gasteiger partial charge on any atom is 0.407 e. The Labute approximate surface area is 184 Å². The second-order valence-electron chi connectivity index (χ2n) is 7.44. The van der Waals surface area contributed by atoms with Crippen molar-refractivity contribution >= 4 is 12.0 Å². The molecule has 3 aromatic rings. The lowest BCUT2D eigenvalue weighted by Crippen LogP contribution is -2.36. The van der Waals surface area contributed by atoms with Gasteiger partial charge in [0.2, 0.25) is 5.82 Å². The Hall–Kier alpha value is -4.15. The number of hydrogen-bond donors (Lipinski definition) is 4. The van der Waals surface area contributed by atoms with Crippen molar-refractivity contribution in [3.05, 3.63) is 48.0 Å². The summed E-state index contributed by atoms with van der Waals surface area (Å²) >= 11 is 0. The summed E-state index contributed by atoms with van der Waals surface area (Å²) in [4.78, 5) is 28.9. The molecule has 1 aromatic carbocycles. The molecule has 0 aliphatic carbocycles. The van der Waals surface area contributed by atoms with Gasteiger partial charge in [-0.1, -0.05) is 13.8 Å². The summed E-state index contributed by atoms with van der Waals surface area (Å²) in [5.74, 6) is -0.754. The molecule has 0 radical (unpaired) electrons. The Morgan fingerprint density at radius 2 is 1.94 bits per heavy atom. The van der Waals surface area contributed by atoms with E-state index in [9.17, 15) is 19.8 Å². The van der Waals surface area contributed by atoms with Gasteiger partial charge >= 0.3 is 6.09 Å². The minimum atomic E-state index is -1.11. The average Bonchev–Trinajstić information content (AvgIpc) is 3.18. The minimum absolute atomic E-state index is 0.0295. The van der Waals surface area contributed by atoms with Gasteiger partial charge < -0.3 is 25.5 Å². The molecule has 2 heterocycles. The summed E-state index contributed by atoms with van der Waals surface area (Å²) in [5, 5.41) is 40.4. The molecule has 11 nitrogen and oxygen atoms in total. The molecule has 0 spiro atoms. The van der Waals surface area contributed by atoms with Gasteiger partial charge in [-0.05, 0) is 29.7 Å². The second kappa shape index (κ2) is 9.33. The number of rotatable bonds is 7. The van der Waals surface area contributed by atoms with E-state index in [2.05, 4.69) is 20.5 Å². The molecule has 0 atom stereocenters. The van der Waals surface area contributed by atoms with Crippen molar-refractivity contribution in [2.24, 2.45) is 0 Å². The van der Waals surface area contributed by atoms with Crippen molar-refractivity contribution in [1.29, 1.82) is 0 Å². The number of likely N-dealkylation sites (N-methyl/N-ethyl adjacent to an activating group) is 1. The number of aromatic nitrogens is 4. The number of pyridine rings is 1. The standard InChI is InChI=1S/C21H24N6O5/c1-12(2)14-9-15(17(29)10-16(14)28)18-24-25-19(27(18)13-5-4-6-22-11-13)20(30)23-7-8-26(3)21(31)32/h4-6,9-12,28-29H,7-8H2,1-3H3,(H,23,30)(H,31,32). The molecule has 0 saturated carbocycles. The molecule has 0 aliphatic heterocycles. The largest absolute Gasteiger partial charge is 0.508 e. The van der Waals surface area contributed by atoms with Gasteiger partial charge in [-0.3, -0.25) is 14.3 Å². The van der Waals surface area contributed by atoms with Crippen molar-refractivity contribution in [3.63, 3.8) is 0 Å². The van der Waals surface area contributed by atoms with Crippen LogP contribution in [0, 0.1) is 0 Å². The second-order valence-corrected chi connectivity index (χ2v) is 7.44. The summed E-state index contributed by atoms with van der Waals surface area (Å²) in [6, 6.07) is 6.22. The highest BCUT2D eigenvalue weighted by atomic mass is 16.4. The smallest absolute Gasteiger partial charge is 0.407 e. The molecule has 0 unspecified atom stereocenters. The number of phenolic OH excluding ortho intramolecular Hbond substituents is 2. The first-order valence-corrected chi connectivity index (χ1v) is 9.85. The fraction of sp³-hybridized carbons (Fsp3) is 0.286. The topological polar surface area (TPSA) is 154 Å². The molecule has 0 bridgehead atoms. The van der Waals surface area contributed by atoms with E-state index in [0.29, 0.717) is 11.3 Å². The zero-order chi connectivity index (χ0) is 23.4. The number of hydrogen-bond acceptors (Lipinski definition) is 7. The van der Waals surface area contributed by atoms with E-state index in [1.807, 2.05) is 13.8 Å². The van der Waals surface area contributed by atoms with Gasteiger partial charge in [-0.15, -0.1) is 10.2 Å². The van der Waals surface area contributed by atoms with E-state index in [1.54, 1.807) is 24.4 Å². The number of carbonyl (C=O) groups is 2. The summed E-state index contributed by atoms with van der Waals surface area (Å²) in [6.07, 6.45) is 1.98. The summed E-state index contributed by atoms with van der Waals surface area (Å²) in [7, 11) is 1.39. The lowest BCUT2D eigenvalue weighted by atomic mass is 9.98. The van der Waals surface area contributed by atoms with Crippen LogP contribution >= 0.6 is 0 Å². The Morgan fingerprint density at radius 3 is 2.56 bits per heavy atom. The van der Waals surface area contributed by atoms with Crippen LogP contribution in [-0.2, 0) is 0 Å². The molecule has 0 aliphatic rings.